The fraction of sp³-hybridized carbons (Fsp3) is 0.136. The summed E-state index contributed by atoms with van der Waals surface area (Å²) in [4.78, 5) is 18.7. The lowest BCUT2D eigenvalue weighted by Gasteiger charge is -2.20. The van der Waals surface area contributed by atoms with Crippen molar-refractivity contribution in [1.29, 1.82) is 5.26 Å². The third-order valence-corrected chi connectivity index (χ3v) is 5.12. The number of hydrogen-bond donors (Lipinski definition) is 0. The van der Waals surface area contributed by atoms with Crippen molar-refractivity contribution in [2.75, 3.05) is 6.54 Å². The normalized spacial score (nSPS) is 11.0. The first-order chi connectivity index (χ1) is 14.3. The summed E-state index contributed by atoms with van der Waals surface area (Å²) in [5, 5.41) is 10.9. The molecule has 8 heteroatoms. The van der Waals surface area contributed by atoms with Crippen LogP contribution in [0.25, 0.3) is 10.6 Å². The fourth-order valence-electron chi connectivity index (χ4n) is 2.83. The van der Waals surface area contributed by atoms with Gasteiger partial charge in [-0.2, -0.15) is 18.4 Å². The molecule has 0 saturated heterocycles. The van der Waals surface area contributed by atoms with Crippen LogP contribution in [0.4, 0.5) is 13.2 Å². The Balaban J connectivity index is 1.84. The molecule has 0 aliphatic carbocycles. The van der Waals surface area contributed by atoms with Crippen LogP contribution in [-0.2, 0) is 12.7 Å². The Labute approximate surface area is 175 Å². The quantitative estimate of drug-likeness (QED) is 0.486. The van der Waals surface area contributed by atoms with Gasteiger partial charge in [0.15, 0.2) is 0 Å². The van der Waals surface area contributed by atoms with Gasteiger partial charge >= 0.3 is 6.18 Å². The molecule has 3 rings (SSSR count). The molecule has 152 valence electrons. The van der Waals surface area contributed by atoms with Crippen LogP contribution in [0, 0.1) is 11.3 Å². The molecule has 0 atom stereocenters. The zero-order valence-electron chi connectivity index (χ0n) is 15.7. The van der Waals surface area contributed by atoms with Gasteiger partial charge in [-0.3, -0.25) is 4.79 Å². The molecule has 0 radical (unpaired) electrons. The van der Waals surface area contributed by atoms with Gasteiger partial charge in [-0.1, -0.05) is 30.3 Å². The lowest BCUT2D eigenvalue weighted by Crippen LogP contribution is -2.31. The summed E-state index contributed by atoms with van der Waals surface area (Å²) < 4.78 is 38.9. The number of nitriles is 1. The van der Waals surface area contributed by atoms with E-state index in [1.165, 1.54) is 22.4 Å². The minimum Gasteiger partial charge on any atom is -0.329 e. The number of benzene rings is 2. The smallest absolute Gasteiger partial charge is 0.329 e. The van der Waals surface area contributed by atoms with Crippen LogP contribution in [-0.4, -0.2) is 22.3 Å². The zero-order valence-corrected chi connectivity index (χ0v) is 16.5. The summed E-state index contributed by atoms with van der Waals surface area (Å²) in [6.07, 6.45) is -2.88. The lowest BCUT2D eigenvalue weighted by atomic mass is 10.1. The first kappa shape index (κ1) is 21.3. The molecule has 30 heavy (non-hydrogen) atoms. The van der Waals surface area contributed by atoms with Crippen molar-refractivity contribution in [3.63, 3.8) is 0 Å². The van der Waals surface area contributed by atoms with Gasteiger partial charge in [0.1, 0.15) is 10.7 Å². The van der Waals surface area contributed by atoms with Crippen molar-refractivity contribution in [3.8, 4) is 16.6 Å². The second-order valence-electron chi connectivity index (χ2n) is 6.40. The molecular weight excluding hydrogens is 411 g/mol. The third-order valence-electron chi connectivity index (χ3n) is 4.23. The van der Waals surface area contributed by atoms with Gasteiger partial charge < -0.3 is 4.90 Å². The number of aromatic nitrogens is 1. The molecule has 3 aromatic rings. The van der Waals surface area contributed by atoms with Crippen LogP contribution in [0.3, 0.4) is 0 Å². The monoisotopic (exact) mass is 427 g/mol. The van der Waals surface area contributed by atoms with Gasteiger partial charge in [0, 0.05) is 24.0 Å². The van der Waals surface area contributed by atoms with Crippen LogP contribution in [0.15, 0.2) is 66.6 Å². The largest absolute Gasteiger partial charge is 0.416 e. The van der Waals surface area contributed by atoms with E-state index in [-0.39, 0.29) is 24.7 Å². The van der Waals surface area contributed by atoms with Gasteiger partial charge in [0.2, 0.25) is 0 Å². The van der Waals surface area contributed by atoms with E-state index >= 15 is 0 Å². The summed E-state index contributed by atoms with van der Waals surface area (Å²) in [5.74, 6) is -0.369. The van der Waals surface area contributed by atoms with Crippen molar-refractivity contribution in [2.24, 2.45) is 0 Å². The van der Waals surface area contributed by atoms with E-state index in [1.807, 2.05) is 0 Å². The maximum atomic E-state index is 13.0. The molecule has 1 amide bonds. The van der Waals surface area contributed by atoms with E-state index in [4.69, 9.17) is 5.26 Å². The molecular formula is C22H16F3N3OS. The van der Waals surface area contributed by atoms with E-state index in [0.29, 0.717) is 16.1 Å². The number of thiazole rings is 1. The fourth-order valence-corrected chi connectivity index (χ4v) is 3.62. The van der Waals surface area contributed by atoms with E-state index < -0.39 is 11.7 Å². The van der Waals surface area contributed by atoms with Crippen LogP contribution in [0.5, 0.6) is 0 Å². The first-order valence-corrected chi connectivity index (χ1v) is 9.72. The molecule has 0 bridgehead atoms. The number of alkyl halides is 3. The number of hydrogen-bond acceptors (Lipinski definition) is 4. The summed E-state index contributed by atoms with van der Waals surface area (Å²) in [5.41, 5.74) is 0.932. The molecule has 0 spiro atoms. The molecule has 0 unspecified atom stereocenters. The van der Waals surface area contributed by atoms with E-state index in [2.05, 4.69) is 17.6 Å². The van der Waals surface area contributed by atoms with Gasteiger partial charge in [0.05, 0.1) is 17.2 Å². The second-order valence-corrected chi connectivity index (χ2v) is 7.26. The van der Waals surface area contributed by atoms with Crippen molar-refractivity contribution in [2.45, 2.75) is 12.7 Å². The van der Waals surface area contributed by atoms with Gasteiger partial charge in [-0.15, -0.1) is 17.9 Å². The second kappa shape index (κ2) is 8.93. The summed E-state index contributed by atoms with van der Waals surface area (Å²) in [6, 6.07) is 13.8. The topological polar surface area (TPSA) is 57.0 Å². The maximum absolute atomic E-state index is 13.0. The number of rotatable bonds is 6. The van der Waals surface area contributed by atoms with Crippen molar-refractivity contribution >= 4 is 17.2 Å². The number of carbonyl (C=O) groups excluding carboxylic acids is 1. The average molecular weight is 427 g/mol. The minimum atomic E-state index is -4.45. The SMILES string of the molecule is C=CCN(Cc1cccc(C#N)c1)C(=O)c1csc(-c2cccc(C(F)(F)F)c2)n1. The Morgan fingerprint density at radius 3 is 2.70 bits per heavy atom. The zero-order chi connectivity index (χ0) is 21.7. The molecule has 0 fully saturated rings. The van der Waals surface area contributed by atoms with Crippen molar-refractivity contribution in [1.82, 2.24) is 9.88 Å². The Hall–Kier alpha value is -3.44. The van der Waals surface area contributed by atoms with Crippen molar-refractivity contribution in [3.05, 3.63) is 89.0 Å². The summed E-state index contributed by atoms with van der Waals surface area (Å²) in [6.45, 7) is 4.17. The predicted molar refractivity (Wildman–Crippen MR) is 109 cm³/mol. The molecule has 2 aromatic carbocycles. The number of carbonyl (C=O) groups is 1. The Kier molecular flexibility index (Phi) is 6.33. The van der Waals surface area contributed by atoms with Crippen LogP contribution < -0.4 is 0 Å². The molecule has 0 aliphatic heterocycles. The highest BCUT2D eigenvalue weighted by atomic mass is 32.1. The van der Waals surface area contributed by atoms with Gasteiger partial charge in [0.25, 0.3) is 5.91 Å². The summed E-state index contributed by atoms with van der Waals surface area (Å²) >= 11 is 1.10. The standard InChI is InChI=1S/C22H16F3N3OS/c1-2-9-28(13-16-6-3-5-15(10-16)12-26)21(29)19-14-30-20(27-19)17-7-4-8-18(11-17)22(23,24)25/h2-8,10-11,14H,1,9,13H2. The maximum Gasteiger partial charge on any atom is 0.416 e. The summed E-state index contributed by atoms with van der Waals surface area (Å²) in [7, 11) is 0. The lowest BCUT2D eigenvalue weighted by molar-refractivity contribution is -0.137. The molecule has 1 heterocycles. The number of nitrogens with zero attached hydrogens (tertiary/aromatic N) is 3. The van der Waals surface area contributed by atoms with E-state index in [0.717, 1.165) is 29.0 Å². The minimum absolute atomic E-state index is 0.144. The van der Waals surface area contributed by atoms with E-state index in [1.54, 1.807) is 30.3 Å². The van der Waals surface area contributed by atoms with E-state index in [9.17, 15) is 18.0 Å². The highest BCUT2D eigenvalue weighted by Crippen LogP contribution is 2.33. The van der Waals surface area contributed by atoms with Crippen LogP contribution in [0.2, 0.25) is 0 Å². The Bertz CT molecular complexity index is 1120. The first-order valence-electron chi connectivity index (χ1n) is 8.84. The molecule has 4 nitrogen and oxygen atoms in total. The van der Waals surface area contributed by atoms with Crippen LogP contribution in [0.1, 0.15) is 27.2 Å². The van der Waals surface area contributed by atoms with Gasteiger partial charge in [-0.05, 0) is 29.8 Å². The average Bonchev–Trinajstić information content (AvgIpc) is 3.23. The third kappa shape index (κ3) is 4.93. The van der Waals surface area contributed by atoms with Crippen LogP contribution >= 0.6 is 11.3 Å². The van der Waals surface area contributed by atoms with Crippen molar-refractivity contribution < 1.29 is 18.0 Å². The highest BCUT2D eigenvalue weighted by molar-refractivity contribution is 7.13. The number of amides is 1. The molecule has 0 aliphatic rings. The molecule has 0 saturated carbocycles. The van der Waals surface area contributed by atoms with Gasteiger partial charge in [-0.25, -0.2) is 4.98 Å². The highest BCUT2D eigenvalue weighted by Gasteiger charge is 2.30. The molecule has 0 N–H and O–H groups in total. The predicted octanol–water partition coefficient (Wildman–Crippen LogP) is 5.53. The Morgan fingerprint density at radius 2 is 2.00 bits per heavy atom. The number of halogens is 3. The Morgan fingerprint density at radius 1 is 1.23 bits per heavy atom. The molecule has 1 aromatic heterocycles.